The minimum absolute atomic E-state index is 0.0729. The normalized spacial score (nSPS) is 15.0. The molecule has 3 rings (SSSR count). The van der Waals surface area contributed by atoms with E-state index in [2.05, 4.69) is 21.7 Å². The van der Waals surface area contributed by atoms with Gasteiger partial charge in [-0.15, -0.1) is 22.7 Å². The highest BCUT2D eigenvalue weighted by molar-refractivity contribution is 7.14. The van der Waals surface area contributed by atoms with Crippen LogP contribution in [0.5, 0.6) is 0 Å². The third kappa shape index (κ3) is 3.96. The molecule has 0 saturated carbocycles. The summed E-state index contributed by atoms with van der Waals surface area (Å²) < 4.78 is 0. The Kier molecular flexibility index (Phi) is 5.26. The average Bonchev–Trinajstić information content (AvgIpc) is 3.05. The summed E-state index contributed by atoms with van der Waals surface area (Å²) in [5.74, 6) is 0.0729. The van der Waals surface area contributed by atoms with Crippen molar-refractivity contribution in [3.8, 4) is 0 Å². The highest BCUT2D eigenvalue weighted by Crippen LogP contribution is 2.28. The molecule has 5 heteroatoms. The molecule has 2 aromatic heterocycles. The summed E-state index contributed by atoms with van der Waals surface area (Å²) in [6.45, 7) is 2.67. The fraction of sp³-hybridized carbons (Fsp3) is 0.529. The van der Waals surface area contributed by atoms with Gasteiger partial charge >= 0.3 is 0 Å². The van der Waals surface area contributed by atoms with Crippen LogP contribution in [-0.4, -0.2) is 17.4 Å². The monoisotopic (exact) mass is 334 g/mol. The smallest absolute Gasteiger partial charge is 0.261 e. The van der Waals surface area contributed by atoms with Crippen LogP contribution in [0.15, 0.2) is 11.4 Å². The van der Waals surface area contributed by atoms with Gasteiger partial charge in [0.25, 0.3) is 5.91 Å². The van der Waals surface area contributed by atoms with E-state index in [4.69, 9.17) is 0 Å². The third-order valence-electron chi connectivity index (χ3n) is 4.05. The molecule has 118 valence electrons. The molecular weight excluding hydrogens is 312 g/mol. The Bertz CT molecular complexity index is 619. The number of carbonyl (C=O) groups is 1. The van der Waals surface area contributed by atoms with Crippen LogP contribution < -0.4 is 5.32 Å². The van der Waals surface area contributed by atoms with Gasteiger partial charge < -0.3 is 5.32 Å². The molecule has 0 spiro atoms. The summed E-state index contributed by atoms with van der Waals surface area (Å²) in [5, 5.41) is 6.18. The van der Waals surface area contributed by atoms with E-state index in [9.17, 15) is 4.79 Å². The van der Waals surface area contributed by atoms with Crippen LogP contribution in [0.3, 0.4) is 0 Å². The summed E-state index contributed by atoms with van der Waals surface area (Å²) in [4.78, 5) is 19.0. The fourth-order valence-electron chi connectivity index (χ4n) is 2.87. The van der Waals surface area contributed by atoms with E-state index >= 15 is 0 Å². The van der Waals surface area contributed by atoms with Gasteiger partial charge in [0.1, 0.15) is 0 Å². The average molecular weight is 335 g/mol. The molecule has 1 aliphatic carbocycles. The van der Waals surface area contributed by atoms with Gasteiger partial charge in [-0.2, -0.15) is 0 Å². The van der Waals surface area contributed by atoms with E-state index in [0.717, 1.165) is 34.8 Å². The van der Waals surface area contributed by atoms with Crippen molar-refractivity contribution in [2.45, 2.75) is 51.9 Å². The second kappa shape index (κ2) is 7.38. The predicted octanol–water partition coefficient (Wildman–Crippen LogP) is 4.14. The number of fused-ring (bicyclic) bond motifs is 1. The quantitative estimate of drug-likeness (QED) is 0.913. The highest BCUT2D eigenvalue weighted by Gasteiger charge is 2.15. The van der Waals surface area contributed by atoms with Crippen LogP contribution >= 0.6 is 22.7 Å². The van der Waals surface area contributed by atoms with Crippen molar-refractivity contribution in [2.75, 3.05) is 6.54 Å². The van der Waals surface area contributed by atoms with Crippen molar-refractivity contribution in [3.63, 3.8) is 0 Å². The molecule has 0 saturated heterocycles. The maximum absolute atomic E-state index is 12.3. The second-order valence-electron chi connectivity index (χ2n) is 5.84. The number of nitrogens with zero attached hydrogens (tertiary/aromatic N) is 1. The lowest BCUT2D eigenvalue weighted by Gasteiger charge is -2.07. The van der Waals surface area contributed by atoms with Crippen LogP contribution in [0, 0.1) is 6.92 Å². The van der Waals surface area contributed by atoms with Crippen LogP contribution in [0.4, 0.5) is 0 Å². The van der Waals surface area contributed by atoms with Crippen molar-refractivity contribution >= 4 is 28.6 Å². The number of nitrogens with one attached hydrogen (secondary N) is 1. The summed E-state index contributed by atoms with van der Waals surface area (Å²) >= 11 is 3.35. The van der Waals surface area contributed by atoms with E-state index in [-0.39, 0.29) is 5.91 Å². The topological polar surface area (TPSA) is 42.0 Å². The van der Waals surface area contributed by atoms with Gasteiger partial charge in [-0.05, 0) is 44.2 Å². The first-order chi connectivity index (χ1) is 10.7. The van der Waals surface area contributed by atoms with Crippen LogP contribution in [0.1, 0.15) is 56.5 Å². The first kappa shape index (κ1) is 15.7. The largest absolute Gasteiger partial charge is 0.351 e. The number of thiazole rings is 1. The molecule has 22 heavy (non-hydrogen) atoms. The Morgan fingerprint density at radius 3 is 2.86 bits per heavy atom. The van der Waals surface area contributed by atoms with E-state index in [0.29, 0.717) is 6.54 Å². The minimum atomic E-state index is 0.0729. The van der Waals surface area contributed by atoms with Crippen molar-refractivity contribution < 1.29 is 4.79 Å². The lowest BCUT2D eigenvalue weighted by atomic mass is 10.00. The Morgan fingerprint density at radius 1 is 1.27 bits per heavy atom. The number of hydrogen-bond donors (Lipinski definition) is 1. The highest BCUT2D eigenvalue weighted by atomic mass is 32.1. The summed E-state index contributed by atoms with van der Waals surface area (Å²) in [6, 6.07) is 2.12. The van der Waals surface area contributed by atoms with E-state index in [1.165, 1.54) is 36.1 Å². The number of carbonyl (C=O) groups excluding carboxylic acids is 1. The molecule has 2 heterocycles. The summed E-state index contributed by atoms with van der Waals surface area (Å²) in [7, 11) is 0. The third-order valence-corrected chi connectivity index (χ3v) is 6.11. The predicted molar refractivity (Wildman–Crippen MR) is 93.1 cm³/mol. The van der Waals surface area contributed by atoms with Crippen molar-refractivity contribution in [2.24, 2.45) is 0 Å². The summed E-state index contributed by atoms with van der Waals surface area (Å²) in [5.41, 5.74) is 2.48. The Hall–Kier alpha value is -1.20. The van der Waals surface area contributed by atoms with Crippen molar-refractivity contribution in [1.29, 1.82) is 0 Å². The molecule has 0 unspecified atom stereocenters. The Balaban J connectivity index is 1.56. The van der Waals surface area contributed by atoms with E-state index < -0.39 is 0 Å². The van der Waals surface area contributed by atoms with Crippen molar-refractivity contribution in [1.82, 2.24) is 10.3 Å². The number of thiophene rings is 1. The molecule has 0 aromatic carbocycles. The lowest BCUT2D eigenvalue weighted by molar-refractivity contribution is 0.0958. The number of aromatic nitrogens is 1. The van der Waals surface area contributed by atoms with Gasteiger partial charge in [-0.3, -0.25) is 4.79 Å². The zero-order chi connectivity index (χ0) is 15.4. The molecule has 1 aliphatic rings. The molecule has 3 nitrogen and oxygen atoms in total. The van der Waals surface area contributed by atoms with Gasteiger partial charge in [-0.1, -0.05) is 12.8 Å². The van der Waals surface area contributed by atoms with Crippen LogP contribution in [0.25, 0.3) is 0 Å². The minimum Gasteiger partial charge on any atom is -0.351 e. The van der Waals surface area contributed by atoms with Gasteiger partial charge in [0.15, 0.2) is 0 Å². The zero-order valence-electron chi connectivity index (χ0n) is 13.0. The van der Waals surface area contributed by atoms with Gasteiger partial charge in [0.2, 0.25) is 0 Å². The van der Waals surface area contributed by atoms with E-state index in [1.54, 1.807) is 22.7 Å². The zero-order valence-corrected chi connectivity index (χ0v) is 14.6. The number of rotatable bonds is 4. The van der Waals surface area contributed by atoms with Gasteiger partial charge in [0, 0.05) is 23.2 Å². The molecule has 0 atom stereocenters. The maximum atomic E-state index is 12.3. The number of amides is 1. The molecule has 0 aliphatic heterocycles. The Morgan fingerprint density at radius 2 is 2.09 bits per heavy atom. The van der Waals surface area contributed by atoms with Crippen LogP contribution in [0.2, 0.25) is 0 Å². The molecule has 0 bridgehead atoms. The molecule has 1 N–H and O–H groups in total. The fourth-order valence-corrected chi connectivity index (χ4v) is 4.69. The second-order valence-corrected chi connectivity index (χ2v) is 8.04. The number of hydrogen-bond acceptors (Lipinski definition) is 4. The molecule has 2 aromatic rings. The SMILES string of the molecule is Cc1nc(CCNC(=O)c2cc3c(s2)CCCCCC3)cs1. The van der Waals surface area contributed by atoms with Crippen molar-refractivity contribution in [3.05, 3.63) is 37.5 Å². The van der Waals surface area contributed by atoms with Gasteiger partial charge in [0.05, 0.1) is 15.6 Å². The molecule has 0 fully saturated rings. The molecular formula is C17H22N2OS2. The maximum Gasteiger partial charge on any atom is 0.261 e. The lowest BCUT2D eigenvalue weighted by Crippen LogP contribution is -2.24. The van der Waals surface area contributed by atoms with E-state index in [1.807, 2.05) is 6.92 Å². The first-order valence-electron chi connectivity index (χ1n) is 8.03. The summed E-state index contributed by atoms with van der Waals surface area (Å²) in [6.07, 6.45) is 8.26. The first-order valence-corrected chi connectivity index (χ1v) is 9.73. The van der Waals surface area contributed by atoms with Gasteiger partial charge in [-0.25, -0.2) is 4.98 Å². The molecule has 0 radical (unpaired) electrons. The standard InChI is InChI=1S/C17H22N2OS2/c1-12-19-14(11-21-12)8-9-18-17(20)16-10-13-6-4-2-3-5-7-15(13)22-16/h10-11H,2-9H2,1H3,(H,18,20). The molecule has 1 amide bonds. The number of aryl methyl sites for hydroxylation is 3. The van der Waals surface area contributed by atoms with Crippen LogP contribution in [-0.2, 0) is 19.3 Å². The Labute approximate surface area is 139 Å².